The Kier molecular flexibility index (Phi) is 5.27. The number of benzene rings is 2. The van der Waals surface area contributed by atoms with E-state index in [4.69, 9.17) is 11.6 Å². The number of nitrogens with zero attached hydrogens (tertiary/aromatic N) is 2. The molecule has 5 heteroatoms. The van der Waals surface area contributed by atoms with Crippen LogP contribution in [-0.4, -0.2) is 29.1 Å². The Morgan fingerprint density at radius 1 is 1.21 bits per heavy atom. The summed E-state index contributed by atoms with van der Waals surface area (Å²) in [6, 6.07) is 13.7. The number of amides is 1. The van der Waals surface area contributed by atoms with Gasteiger partial charge in [0.25, 0.3) is 5.91 Å². The highest BCUT2D eigenvalue weighted by atomic mass is 35.5. The van der Waals surface area contributed by atoms with Crippen molar-refractivity contribution in [3.05, 3.63) is 69.7 Å². The molecule has 1 heterocycles. The van der Waals surface area contributed by atoms with Crippen LogP contribution in [0.15, 0.2) is 47.5 Å². The summed E-state index contributed by atoms with van der Waals surface area (Å²) in [7, 11) is 0. The van der Waals surface area contributed by atoms with Crippen LogP contribution in [0.4, 0.5) is 0 Å². The lowest BCUT2D eigenvalue weighted by molar-refractivity contribution is 0.0860. The summed E-state index contributed by atoms with van der Waals surface area (Å²) in [4.78, 5) is 19.1. The van der Waals surface area contributed by atoms with E-state index in [1.165, 1.54) is 0 Å². The minimum absolute atomic E-state index is 0.0182. The maximum absolute atomic E-state index is 12.8. The third kappa shape index (κ3) is 3.82. The molecule has 0 bridgehead atoms. The molecule has 0 fully saturated rings. The first-order valence-corrected chi connectivity index (χ1v) is 9.22. The fourth-order valence-electron chi connectivity index (χ4n) is 2.75. The SMILES string of the molecule is Cc1cc(C)cc(C(=O)N2CCN=C2SCc2ccccc2Cl)c1. The fraction of sp³-hybridized carbons (Fsp3) is 0.263. The molecule has 0 spiro atoms. The van der Waals surface area contributed by atoms with E-state index >= 15 is 0 Å². The van der Waals surface area contributed by atoms with E-state index in [0.717, 1.165) is 32.4 Å². The Labute approximate surface area is 151 Å². The second-order valence-corrected chi connectivity index (χ2v) is 7.23. The van der Waals surface area contributed by atoms with Gasteiger partial charge in [0.05, 0.1) is 6.54 Å². The van der Waals surface area contributed by atoms with Crippen LogP contribution in [0.3, 0.4) is 0 Å². The van der Waals surface area contributed by atoms with E-state index < -0.39 is 0 Å². The lowest BCUT2D eigenvalue weighted by atomic mass is 10.1. The molecule has 0 unspecified atom stereocenters. The first-order valence-electron chi connectivity index (χ1n) is 7.85. The summed E-state index contributed by atoms with van der Waals surface area (Å²) in [6.07, 6.45) is 0. The van der Waals surface area contributed by atoms with E-state index in [-0.39, 0.29) is 5.91 Å². The van der Waals surface area contributed by atoms with Gasteiger partial charge in [0.15, 0.2) is 5.17 Å². The monoisotopic (exact) mass is 358 g/mol. The molecule has 0 aliphatic carbocycles. The minimum atomic E-state index is 0.0182. The molecule has 3 nitrogen and oxygen atoms in total. The molecule has 1 amide bonds. The van der Waals surface area contributed by atoms with Crippen LogP contribution in [0.2, 0.25) is 5.02 Å². The lowest BCUT2D eigenvalue weighted by Crippen LogP contribution is -2.33. The van der Waals surface area contributed by atoms with Crippen LogP contribution in [-0.2, 0) is 5.75 Å². The van der Waals surface area contributed by atoms with Crippen molar-refractivity contribution in [3.63, 3.8) is 0 Å². The summed E-state index contributed by atoms with van der Waals surface area (Å²) in [5.41, 5.74) is 3.97. The van der Waals surface area contributed by atoms with E-state index in [9.17, 15) is 4.79 Å². The maximum atomic E-state index is 12.8. The highest BCUT2D eigenvalue weighted by molar-refractivity contribution is 8.13. The van der Waals surface area contributed by atoms with E-state index in [2.05, 4.69) is 11.1 Å². The summed E-state index contributed by atoms with van der Waals surface area (Å²) >= 11 is 7.77. The molecular weight excluding hydrogens is 340 g/mol. The van der Waals surface area contributed by atoms with E-state index in [0.29, 0.717) is 18.8 Å². The number of carbonyl (C=O) groups excluding carboxylic acids is 1. The topological polar surface area (TPSA) is 32.7 Å². The zero-order valence-corrected chi connectivity index (χ0v) is 15.3. The van der Waals surface area contributed by atoms with Gasteiger partial charge < -0.3 is 0 Å². The van der Waals surface area contributed by atoms with Crippen molar-refractivity contribution in [2.24, 2.45) is 4.99 Å². The average Bonchev–Trinajstić information content (AvgIpc) is 3.01. The smallest absolute Gasteiger partial charge is 0.259 e. The molecular formula is C19H19ClN2OS. The molecule has 0 atom stereocenters. The van der Waals surface area contributed by atoms with Gasteiger partial charge in [-0.15, -0.1) is 0 Å². The fourth-order valence-corrected chi connectivity index (χ4v) is 4.08. The maximum Gasteiger partial charge on any atom is 0.259 e. The largest absolute Gasteiger partial charge is 0.286 e. The second kappa shape index (κ2) is 7.41. The highest BCUT2D eigenvalue weighted by Crippen LogP contribution is 2.25. The standard InChI is InChI=1S/C19H19ClN2OS/c1-13-9-14(2)11-16(10-13)18(23)22-8-7-21-19(22)24-12-15-5-3-4-6-17(15)20/h3-6,9-11H,7-8,12H2,1-2H3. The van der Waals surface area contributed by atoms with Gasteiger partial charge in [0.2, 0.25) is 0 Å². The normalized spacial score (nSPS) is 14.0. The number of carbonyl (C=O) groups is 1. The van der Waals surface area contributed by atoms with E-state index in [1.807, 2.05) is 50.2 Å². The van der Waals surface area contributed by atoms with E-state index in [1.54, 1.807) is 16.7 Å². The number of hydrogen-bond donors (Lipinski definition) is 0. The van der Waals surface area contributed by atoms with Gasteiger partial charge in [-0.25, -0.2) is 0 Å². The van der Waals surface area contributed by atoms with Crippen LogP contribution >= 0.6 is 23.4 Å². The van der Waals surface area contributed by atoms with Crippen LogP contribution in [0.25, 0.3) is 0 Å². The molecule has 0 N–H and O–H groups in total. The second-order valence-electron chi connectivity index (χ2n) is 5.88. The van der Waals surface area contributed by atoms with Crippen molar-refractivity contribution in [1.82, 2.24) is 4.90 Å². The number of aliphatic imine (C=N–C) groups is 1. The van der Waals surface area contributed by atoms with Crippen LogP contribution < -0.4 is 0 Å². The number of hydrogen-bond acceptors (Lipinski definition) is 3. The van der Waals surface area contributed by atoms with Crippen LogP contribution in [0.1, 0.15) is 27.0 Å². The molecule has 2 aromatic rings. The highest BCUT2D eigenvalue weighted by Gasteiger charge is 2.25. The molecule has 2 aromatic carbocycles. The molecule has 1 aliphatic heterocycles. The summed E-state index contributed by atoms with van der Waals surface area (Å²) in [5, 5.41) is 1.52. The Morgan fingerprint density at radius 3 is 2.62 bits per heavy atom. The van der Waals surface area contributed by atoms with Gasteiger partial charge in [0.1, 0.15) is 0 Å². The molecule has 0 radical (unpaired) electrons. The van der Waals surface area contributed by atoms with Crippen molar-refractivity contribution in [3.8, 4) is 0 Å². The van der Waals surface area contributed by atoms with Gasteiger partial charge in [-0.2, -0.15) is 0 Å². The zero-order chi connectivity index (χ0) is 17.1. The quantitative estimate of drug-likeness (QED) is 0.796. The van der Waals surface area contributed by atoms with Crippen molar-refractivity contribution in [2.75, 3.05) is 13.1 Å². The first-order chi connectivity index (χ1) is 11.5. The molecule has 3 rings (SSSR count). The van der Waals surface area contributed by atoms with Crippen molar-refractivity contribution >= 4 is 34.4 Å². The van der Waals surface area contributed by atoms with Gasteiger partial charge in [0, 0.05) is 22.9 Å². The molecule has 0 saturated heterocycles. The Balaban J connectivity index is 1.73. The summed E-state index contributed by atoms with van der Waals surface area (Å²) in [6.45, 7) is 5.31. The van der Waals surface area contributed by atoms with Gasteiger partial charge in [-0.1, -0.05) is 58.8 Å². The van der Waals surface area contributed by atoms with Crippen molar-refractivity contribution in [1.29, 1.82) is 0 Å². The van der Waals surface area contributed by atoms with Crippen LogP contribution in [0, 0.1) is 13.8 Å². The Hall–Kier alpha value is -1.78. The Bertz CT molecular complexity index is 783. The van der Waals surface area contributed by atoms with Crippen molar-refractivity contribution < 1.29 is 4.79 Å². The van der Waals surface area contributed by atoms with Gasteiger partial charge in [-0.05, 0) is 37.6 Å². The first kappa shape index (κ1) is 17.1. The molecule has 1 aliphatic rings. The number of rotatable bonds is 3. The number of amidine groups is 1. The number of halogens is 1. The summed E-state index contributed by atoms with van der Waals surface area (Å²) < 4.78 is 0. The summed E-state index contributed by atoms with van der Waals surface area (Å²) in [5.74, 6) is 0.722. The molecule has 0 saturated carbocycles. The molecule has 124 valence electrons. The third-order valence-corrected chi connectivity index (χ3v) is 5.26. The molecule has 24 heavy (non-hydrogen) atoms. The zero-order valence-electron chi connectivity index (χ0n) is 13.8. The number of aryl methyl sites for hydroxylation is 2. The van der Waals surface area contributed by atoms with Gasteiger partial charge >= 0.3 is 0 Å². The lowest BCUT2D eigenvalue weighted by Gasteiger charge is -2.18. The minimum Gasteiger partial charge on any atom is -0.286 e. The third-order valence-electron chi connectivity index (χ3n) is 3.83. The van der Waals surface area contributed by atoms with Gasteiger partial charge in [-0.3, -0.25) is 14.7 Å². The molecule has 0 aromatic heterocycles. The van der Waals surface area contributed by atoms with Crippen LogP contribution in [0.5, 0.6) is 0 Å². The van der Waals surface area contributed by atoms with Crippen molar-refractivity contribution in [2.45, 2.75) is 19.6 Å². The number of thioether (sulfide) groups is 1. The predicted octanol–water partition coefficient (Wildman–Crippen LogP) is 4.70. The predicted molar refractivity (Wildman–Crippen MR) is 102 cm³/mol. The Morgan fingerprint density at radius 2 is 1.92 bits per heavy atom. The average molecular weight is 359 g/mol.